The van der Waals surface area contributed by atoms with Gasteiger partial charge >= 0.3 is 0 Å². The van der Waals surface area contributed by atoms with E-state index in [1.54, 1.807) is 0 Å². The second kappa shape index (κ2) is 6.83. The number of phenolic OH excluding ortho intramolecular Hbond substituents is 2. The third-order valence-corrected chi connectivity index (χ3v) is 3.46. The lowest BCUT2D eigenvalue weighted by Gasteiger charge is -2.20. The summed E-state index contributed by atoms with van der Waals surface area (Å²) in [6, 6.07) is 4.31. The van der Waals surface area contributed by atoms with Gasteiger partial charge in [-0.2, -0.15) is 0 Å². The van der Waals surface area contributed by atoms with Gasteiger partial charge < -0.3 is 15.3 Å². The minimum atomic E-state index is -2.02. The van der Waals surface area contributed by atoms with Crippen molar-refractivity contribution in [2.24, 2.45) is 5.84 Å². The first-order valence-electron chi connectivity index (χ1n) is 6.92. The fourth-order valence-corrected chi connectivity index (χ4v) is 2.21. The molecule has 0 aliphatic carbocycles. The van der Waals surface area contributed by atoms with E-state index >= 15 is 0 Å². The molecule has 0 radical (unpaired) electrons. The second-order valence-corrected chi connectivity index (χ2v) is 5.25. The number of carbonyl (C=O) groups is 2. The largest absolute Gasteiger partial charge is 0.508 e. The SMILES string of the molecule is Cc1cc(O)cc(O)c1C(=O)N(N)C(=O)C(O)c1ccc(F)c(F)c1. The van der Waals surface area contributed by atoms with Gasteiger partial charge in [-0.3, -0.25) is 9.59 Å². The molecule has 9 heteroatoms. The van der Waals surface area contributed by atoms with E-state index in [0.29, 0.717) is 12.1 Å². The van der Waals surface area contributed by atoms with Gasteiger partial charge in [-0.1, -0.05) is 6.07 Å². The van der Waals surface area contributed by atoms with Gasteiger partial charge in [0.05, 0.1) is 5.56 Å². The zero-order valence-corrected chi connectivity index (χ0v) is 12.9. The average Bonchev–Trinajstić information content (AvgIpc) is 2.54. The number of carbonyl (C=O) groups excluding carboxylic acids is 2. The topological polar surface area (TPSA) is 124 Å². The molecule has 0 aliphatic heterocycles. The van der Waals surface area contributed by atoms with Crippen molar-refractivity contribution in [3.63, 3.8) is 0 Å². The van der Waals surface area contributed by atoms with Crippen LogP contribution in [0.2, 0.25) is 0 Å². The molecule has 1 atom stereocenters. The van der Waals surface area contributed by atoms with Crippen LogP contribution in [-0.4, -0.2) is 32.1 Å². The summed E-state index contributed by atoms with van der Waals surface area (Å²) >= 11 is 0. The fourth-order valence-electron chi connectivity index (χ4n) is 2.21. The van der Waals surface area contributed by atoms with Gasteiger partial charge in [0.2, 0.25) is 0 Å². The van der Waals surface area contributed by atoms with Crippen LogP contribution in [0.25, 0.3) is 0 Å². The summed E-state index contributed by atoms with van der Waals surface area (Å²) in [6.45, 7) is 1.39. The Morgan fingerprint density at radius 2 is 1.76 bits per heavy atom. The molecule has 0 aliphatic rings. The van der Waals surface area contributed by atoms with Crippen molar-refractivity contribution < 1.29 is 33.7 Å². The zero-order valence-electron chi connectivity index (χ0n) is 12.9. The van der Waals surface area contributed by atoms with Crippen LogP contribution >= 0.6 is 0 Å². The lowest BCUT2D eigenvalue weighted by atomic mass is 10.0. The maximum atomic E-state index is 13.2. The maximum absolute atomic E-state index is 13.2. The second-order valence-electron chi connectivity index (χ2n) is 5.25. The summed E-state index contributed by atoms with van der Waals surface area (Å²) in [5.41, 5.74) is -0.530. The fraction of sp³-hybridized carbons (Fsp3) is 0.125. The number of halogens is 2. The predicted molar refractivity (Wildman–Crippen MR) is 81.2 cm³/mol. The number of hydrogen-bond donors (Lipinski definition) is 4. The Morgan fingerprint density at radius 1 is 1.12 bits per heavy atom. The smallest absolute Gasteiger partial charge is 0.278 e. The summed E-state index contributed by atoms with van der Waals surface area (Å²) in [5.74, 6) is -0.439. The number of hydrazine groups is 1. The van der Waals surface area contributed by atoms with E-state index in [1.807, 2.05) is 0 Å². The first-order chi connectivity index (χ1) is 11.6. The van der Waals surface area contributed by atoms with Crippen molar-refractivity contribution >= 4 is 11.8 Å². The number of nitrogens with two attached hydrogens (primary N) is 1. The summed E-state index contributed by atoms with van der Waals surface area (Å²) in [4.78, 5) is 24.4. The van der Waals surface area contributed by atoms with E-state index < -0.39 is 35.3 Å². The van der Waals surface area contributed by atoms with Crippen molar-refractivity contribution in [3.05, 3.63) is 58.7 Å². The Kier molecular flexibility index (Phi) is 5.00. The zero-order chi connectivity index (χ0) is 18.9. The van der Waals surface area contributed by atoms with Crippen LogP contribution in [0.4, 0.5) is 8.78 Å². The monoisotopic (exact) mass is 352 g/mol. The highest BCUT2D eigenvalue weighted by atomic mass is 19.2. The van der Waals surface area contributed by atoms with Gasteiger partial charge in [-0.05, 0) is 36.2 Å². The van der Waals surface area contributed by atoms with Crippen LogP contribution in [0.15, 0.2) is 30.3 Å². The van der Waals surface area contributed by atoms with Crippen LogP contribution in [0.1, 0.15) is 27.6 Å². The van der Waals surface area contributed by atoms with Gasteiger partial charge in [0.1, 0.15) is 11.5 Å². The van der Waals surface area contributed by atoms with E-state index in [0.717, 1.165) is 18.2 Å². The summed E-state index contributed by atoms with van der Waals surface area (Å²) in [5, 5.41) is 29.1. The van der Waals surface area contributed by atoms with Crippen molar-refractivity contribution in [2.45, 2.75) is 13.0 Å². The van der Waals surface area contributed by atoms with Crippen molar-refractivity contribution in [1.82, 2.24) is 5.01 Å². The number of hydrogen-bond acceptors (Lipinski definition) is 6. The molecule has 0 spiro atoms. The molecule has 25 heavy (non-hydrogen) atoms. The Labute approximate surface area is 140 Å². The minimum Gasteiger partial charge on any atom is -0.508 e. The highest BCUT2D eigenvalue weighted by Crippen LogP contribution is 2.28. The minimum absolute atomic E-state index is 0.0467. The van der Waals surface area contributed by atoms with E-state index in [1.165, 1.54) is 6.92 Å². The third-order valence-electron chi connectivity index (χ3n) is 3.46. The first kappa shape index (κ1) is 18.3. The Balaban J connectivity index is 2.30. The van der Waals surface area contributed by atoms with Crippen LogP contribution < -0.4 is 5.84 Å². The number of nitrogens with zero attached hydrogens (tertiary/aromatic N) is 1. The molecule has 2 rings (SSSR count). The molecular formula is C16H14F2N2O5. The highest BCUT2D eigenvalue weighted by molar-refractivity contribution is 6.07. The van der Waals surface area contributed by atoms with E-state index in [9.17, 15) is 33.7 Å². The molecule has 0 saturated carbocycles. The van der Waals surface area contributed by atoms with Crippen LogP contribution in [0.5, 0.6) is 11.5 Å². The standard InChI is InChI=1S/C16H14F2N2O5/c1-7-4-9(21)6-12(22)13(7)15(24)20(19)16(25)14(23)8-2-3-10(17)11(18)5-8/h2-6,14,21-23H,19H2,1H3. The van der Waals surface area contributed by atoms with Gasteiger partial charge in [-0.15, -0.1) is 0 Å². The van der Waals surface area contributed by atoms with Crippen LogP contribution in [0, 0.1) is 18.6 Å². The number of phenols is 2. The van der Waals surface area contributed by atoms with E-state index in [2.05, 4.69) is 0 Å². The lowest BCUT2D eigenvalue weighted by Crippen LogP contribution is -2.45. The lowest BCUT2D eigenvalue weighted by molar-refractivity contribution is -0.138. The molecule has 2 aromatic carbocycles. The number of benzene rings is 2. The molecule has 2 aromatic rings. The first-order valence-corrected chi connectivity index (χ1v) is 6.92. The van der Waals surface area contributed by atoms with E-state index in [-0.39, 0.29) is 27.4 Å². The molecule has 2 amide bonds. The summed E-state index contributed by atoms with van der Waals surface area (Å²) in [6.07, 6.45) is -2.02. The quantitative estimate of drug-likeness (QED) is 0.375. The Morgan fingerprint density at radius 3 is 2.32 bits per heavy atom. The van der Waals surface area contributed by atoms with E-state index in [4.69, 9.17) is 5.84 Å². The number of aromatic hydroxyl groups is 2. The molecule has 5 N–H and O–H groups in total. The van der Waals surface area contributed by atoms with Gasteiger partial charge in [-0.25, -0.2) is 19.6 Å². The van der Waals surface area contributed by atoms with Crippen molar-refractivity contribution in [1.29, 1.82) is 0 Å². The predicted octanol–water partition coefficient (Wildman–Crippen LogP) is 1.26. The number of amides is 2. The molecule has 0 saturated heterocycles. The maximum Gasteiger partial charge on any atom is 0.278 e. The summed E-state index contributed by atoms with van der Waals surface area (Å²) < 4.78 is 26.1. The molecule has 0 heterocycles. The normalized spacial score (nSPS) is 11.9. The molecule has 0 aromatic heterocycles. The van der Waals surface area contributed by atoms with Crippen LogP contribution in [0.3, 0.4) is 0 Å². The molecule has 0 fully saturated rings. The Hall–Kier alpha value is -3.04. The highest BCUT2D eigenvalue weighted by Gasteiger charge is 2.30. The number of aliphatic hydroxyl groups is 1. The number of aliphatic hydroxyl groups excluding tert-OH is 1. The van der Waals surface area contributed by atoms with Crippen molar-refractivity contribution in [2.75, 3.05) is 0 Å². The molecule has 132 valence electrons. The van der Waals surface area contributed by atoms with Gasteiger partial charge in [0, 0.05) is 6.07 Å². The molecule has 7 nitrogen and oxygen atoms in total. The van der Waals surface area contributed by atoms with Gasteiger partial charge in [0.15, 0.2) is 17.7 Å². The number of aryl methyl sites for hydroxylation is 1. The number of imide groups is 1. The molecule has 0 bridgehead atoms. The average molecular weight is 352 g/mol. The Bertz CT molecular complexity index is 833. The molecule has 1 unspecified atom stereocenters. The van der Waals surface area contributed by atoms with Gasteiger partial charge in [0.25, 0.3) is 11.8 Å². The third kappa shape index (κ3) is 3.57. The summed E-state index contributed by atoms with van der Waals surface area (Å²) in [7, 11) is 0. The number of rotatable bonds is 3. The van der Waals surface area contributed by atoms with Crippen molar-refractivity contribution in [3.8, 4) is 11.5 Å². The van der Waals surface area contributed by atoms with Crippen LogP contribution in [-0.2, 0) is 4.79 Å². The molecular weight excluding hydrogens is 338 g/mol.